The molecular formula is C15H14O4. The summed E-state index contributed by atoms with van der Waals surface area (Å²) in [6, 6.07) is 12.1. The summed E-state index contributed by atoms with van der Waals surface area (Å²) in [5.41, 5.74) is 1.01. The van der Waals surface area contributed by atoms with E-state index < -0.39 is 0 Å². The fraction of sp³-hybridized carbons (Fsp3) is 0.133. The van der Waals surface area contributed by atoms with Crippen LogP contribution >= 0.6 is 0 Å². The van der Waals surface area contributed by atoms with Gasteiger partial charge < -0.3 is 14.9 Å². The molecule has 0 aliphatic carbocycles. The molecule has 3 rings (SSSR count). The normalized spacial score (nSPS) is 12.2. The van der Waals surface area contributed by atoms with E-state index in [9.17, 15) is 4.79 Å². The van der Waals surface area contributed by atoms with E-state index in [1.807, 2.05) is 0 Å². The molecule has 0 radical (unpaired) electrons. The number of hydrogen-bond donors (Lipinski definition) is 2. The summed E-state index contributed by atoms with van der Waals surface area (Å²) in [5, 5.41) is 18.2. The van der Waals surface area contributed by atoms with Crippen LogP contribution in [0.15, 0.2) is 48.5 Å². The number of carbonyl (C=O) groups excluding carboxylic acids is 1. The lowest BCUT2D eigenvalue weighted by Gasteiger charge is -2.01. The first kappa shape index (κ1) is 13.1. The van der Waals surface area contributed by atoms with E-state index in [0.717, 1.165) is 13.2 Å². The van der Waals surface area contributed by atoms with Crippen molar-refractivity contribution in [3.8, 4) is 11.5 Å². The van der Waals surface area contributed by atoms with Gasteiger partial charge in [0, 0.05) is 11.1 Å². The second-order valence-electron chi connectivity index (χ2n) is 4.04. The summed E-state index contributed by atoms with van der Waals surface area (Å²) in [6.07, 6.45) is 0. The third-order valence-electron chi connectivity index (χ3n) is 2.46. The average Bonchev–Trinajstić information content (AvgIpc) is 3.28. The van der Waals surface area contributed by atoms with Crippen LogP contribution in [0.3, 0.4) is 0 Å². The van der Waals surface area contributed by atoms with E-state index in [0.29, 0.717) is 11.1 Å². The zero-order valence-corrected chi connectivity index (χ0v) is 10.2. The van der Waals surface area contributed by atoms with Crippen LogP contribution in [-0.2, 0) is 4.74 Å². The van der Waals surface area contributed by atoms with E-state index in [1.54, 1.807) is 24.3 Å². The highest BCUT2D eigenvalue weighted by Gasteiger charge is 2.08. The van der Waals surface area contributed by atoms with Gasteiger partial charge in [-0.05, 0) is 48.5 Å². The van der Waals surface area contributed by atoms with Gasteiger partial charge in [0.05, 0.1) is 13.2 Å². The number of phenols is 2. The fourth-order valence-electron chi connectivity index (χ4n) is 1.39. The van der Waals surface area contributed by atoms with Gasteiger partial charge in [0.1, 0.15) is 11.5 Å². The molecule has 4 nitrogen and oxygen atoms in total. The van der Waals surface area contributed by atoms with Gasteiger partial charge in [-0.2, -0.15) is 0 Å². The van der Waals surface area contributed by atoms with Gasteiger partial charge in [-0.3, -0.25) is 4.79 Å². The number of benzene rings is 2. The molecule has 1 aliphatic rings. The Balaban J connectivity index is 0.000000390. The molecule has 2 N–H and O–H groups in total. The highest BCUT2D eigenvalue weighted by molar-refractivity contribution is 6.09. The summed E-state index contributed by atoms with van der Waals surface area (Å²) in [5.74, 6) is 0.115. The summed E-state index contributed by atoms with van der Waals surface area (Å²) >= 11 is 0. The minimum absolute atomic E-state index is 0.127. The lowest BCUT2D eigenvalue weighted by Crippen LogP contribution is -2.00. The van der Waals surface area contributed by atoms with E-state index >= 15 is 0 Å². The maximum absolute atomic E-state index is 11.9. The summed E-state index contributed by atoms with van der Waals surface area (Å²) in [6.45, 7) is 2.00. The van der Waals surface area contributed by atoms with E-state index in [-0.39, 0.29) is 17.3 Å². The van der Waals surface area contributed by atoms with Crippen molar-refractivity contribution in [1.29, 1.82) is 0 Å². The molecule has 0 saturated carbocycles. The molecule has 1 fully saturated rings. The minimum atomic E-state index is -0.139. The molecule has 0 unspecified atom stereocenters. The first-order valence-corrected chi connectivity index (χ1v) is 5.87. The predicted molar refractivity (Wildman–Crippen MR) is 70.5 cm³/mol. The van der Waals surface area contributed by atoms with Crippen LogP contribution in [0.4, 0.5) is 0 Å². The first-order chi connectivity index (χ1) is 9.16. The van der Waals surface area contributed by atoms with Gasteiger partial charge in [-0.15, -0.1) is 0 Å². The Labute approximate surface area is 110 Å². The molecule has 0 atom stereocenters. The van der Waals surface area contributed by atoms with Gasteiger partial charge in [0.25, 0.3) is 0 Å². The zero-order valence-electron chi connectivity index (χ0n) is 10.2. The van der Waals surface area contributed by atoms with Crippen LogP contribution in [0.5, 0.6) is 11.5 Å². The Morgan fingerprint density at radius 2 is 1.11 bits per heavy atom. The second-order valence-corrected chi connectivity index (χ2v) is 4.04. The Hall–Kier alpha value is -2.33. The van der Waals surface area contributed by atoms with Gasteiger partial charge in [0.2, 0.25) is 0 Å². The standard InChI is InChI=1S/C13H10O3.C2H4O/c14-11-5-1-9(2-6-11)13(16)10-3-7-12(15)8-4-10;1-2-3-1/h1-8,14-15H;1-2H2. The molecule has 0 spiro atoms. The van der Waals surface area contributed by atoms with Crippen molar-refractivity contribution in [2.45, 2.75) is 0 Å². The third-order valence-corrected chi connectivity index (χ3v) is 2.46. The number of carbonyl (C=O) groups is 1. The highest BCUT2D eigenvalue weighted by atomic mass is 16.6. The Kier molecular flexibility index (Phi) is 4.15. The van der Waals surface area contributed by atoms with Crippen molar-refractivity contribution >= 4 is 5.78 Å². The first-order valence-electron chi connectivity index (χ1n) is 5.87. The molecule has 1 heterocycles. The lowest BCUT2D eigenvalue weighted by molar-refractivity contribution is 0.103. The molecule has 2 aromatic rings. The van der Waals surface area contributed by atoms with Crippen LogP contribution in [0.25, 0.3) is 0 Å². The molecule has 0 amide bonds. The van der Waals surface area contributed by atoms with Crippen LogP contribution < -0.4 is 0 Å². The number of aromatic hydroxyl groups is 2. The summed E-state index contributed by atoms with van der Waals surface area (Å²) < 4.78 is 4.50. The zero-order chi connectivity index (χ0) is 13.7. The number of hydrogen-bond acceptors (Lipinski definition) is 4. The number of rotatable bonds is 2. The molecule has 0 bridgehead atoms. The van der Waals surface area contributed by atoms with Crippen molar-refractivity contribution in [1.82, 2.24) is 0 Å². The van der Waals surface area contributed by atoms with Gasteiger partial charge in [-0.1, -0.05) is 0 Å². The van der Waals surface area contributed by atoms with Crippen LogP contribution in [0, 0.1) is 0 Å². The Bertz CT molecular complexity index is 491. The molecule has 2 aromatic carbocycles. The van der Waals surface area contributed by atoms with Crippen molar-refractivity contribution in [3.63, 3.8) is 0 Å². The number of phenolic OH excluding ortho intramolecular Hbond substituents is 2. The molecular weight excluding hydrogens is 244 g/mol. The van der Waals surface area contributed by atoms with E-state index in [4.69, 9.17) is 10.2 Å². The quantitative estimate of drug-likeness (QED) is 0.640. The largest absolute Gasteiger partial charge is 0.508 e. The van der Waals surface area contributed by atoms with Gasteiger partial charge in [0.15, 0.2) is 5.78 Å². The SMILES string of the molecule is C1CO1.O=C(c1ccc(O)cc1)c1ccc(O)cc1. The second kappa shape index (κ2) is 6.02. The van der Waals surface area contributed by atoms with Gasteiger partial charge in [-0.25, -0.2) is 0 Å². The summed E-state index contributed by atoms with van der Waals surface area (Å²) in [4.78, 5) is 11.9. The van der Waals surface area contributed by atoms with Gasteiger partial charge >= 0.3 is 0 Å². The fourth-order valence-corrected chi connectivity index (χ4v) is 1.39. The summed E-state index contributed by atoms with van der Waals surface area (Å²) in [7, 11) is 0. The van der Waals surface area contributed by atoms with Crippen LogP contribution in [0.1, 0.15) is 15.9 Å². The smallest absolute Gasteiger partial charge is 0.193 e. The van der Waals surface area contributed by atoms with Crippen molar-refractivity contribution in [2.75, 3.05) is 13.2 Å². The monoisotopic (exact) mass is 258 g/mol. The van der Waals surface area contributed by atoms with Crippen LogP contribution in [0.2, 0.25) is 0 Å². The number of ketones is 1. The molecule has 4 heteroatoms. The van der Waals surface area contributed by atoms with Crippen molar-refractivity contribution < 1.29 is 19.7 Å². The third kappa shape index (κ3) is 4.12. The Morgan fingerprint density at radius 3 is 1.37 bits per heavy atom. The molecule has 1 aliphatic heterocycles. The van der Waals surface area contributed by atoms with Crippen molar-refractivity contribution in [3.05, 3.63) is 59.7 Å². The number of ether oxygens (including phenoxy) is 1. The van der Waals surface area contributed by atoms with Crippen LogP contribution in [-0.4, -0.2) is 29.2 Å². The molecule has 98 valence electrons. The average molecular weight is 258 g/mol. The topological polar surface area (TPSA) is 70.1 Å². The minimum Gasteiger partial charge on any atom is -0.508 e. The predicted octanol–water partition coefficient (Wildman–Crippen LogP) is 2.35. The highest BCUT2D eigenvalue weighted by Crippen LogP contribution is 2.16. The van der Waals surface area contributed by atoms with E-state index in [1.165, 1.54) is 24.3 Å². The maximum atomic E-state index is 11.9. The molecule has 0 aromatic heterocycles. The van der Waals surface area contributed by atoms with E-state index in [2.05, 4.69) is 4.74 Å². The van der Waals surface area contributed by atoms with Crippen molar-refractivity contribution in [2.24, 2.45) is 0 Å². The molecule has 1 saturated heterocycles. The number of epoxide rings is 1. The lowest BCUT2D eigenvalue weighted by atomic mass is 10.0. The molecule has 19 heavy (non-hydrogen) atoms. The Morgan fingerprint density at radius 1 is 0.789 bits per heavy atom. The maximum Gasteiger partial charge on any atom is 0.193 e.